The van der Waals surface area contributed by atoms with Gasteiger partial charge in [0.2, 0.25) is 0 Å². The van der Waals surface area contributed by atoms with Gasteiger partial charge in [0.1, 0.15) is 28.2 Å². The summed E-state index contributed by atoms with van der Waals surface area (Å²) in [6.07, 6.45) is 0.841. The van der Waals surface area contributed by atoms with Crippen LogP contribution in [0.15, 0.2) is 34.1 Å². The summed E-state index contributed by atoms with van der Waals surface area (Å²) in [5.74, 6) is 0.724. The third-order valence-electron chi connectivity index (χ3n) is 5.37. The molecule has 1 atom stereocenters. The monoisotopic (exact) mass is 553 g/mol. The molecule has 0 unspecified atom stereocenters. The summed E-state index contributed by atoms with van der Waals surface area (Å²) in [7, 11) is -4.17. The molecule has 0 bridgehead atoms. The Kier molecular flexibility index (Phi) is 7.24. The first kappa shape index (κ1) is 26.5. The number of carbonyl (C=O) groups is 1. The molecule has 0 spiro atoms. The molecule has 13 nitrogen and oxygen atoms in total. The molecule has 3 heterocycles. The van der Waals surface area contributed by atoms with Crippen molar-refractivity contribution in [2.45, 2.75) is 63.7 Å². The number of aromatic nitrogens is 5. The highest BCUT2D eigenvalue weighted by molar-refractivity contribution is 7.93. The number of fused-ring (bicyclic) bond motifs is 1. The number of ether oxygens (including phenoxy) is 2. The van der Waals surface area contributed by atoms with Gasteiger partial charge in [-0.05, 0) is 52.3 Å². The number of hydrogen-bond donors (Lipinski definition) is 3. The Hall–Kier alpha value is -3.52. The Morgan fingerprint density at radius 2 is 2.11 bits per heavy atom. The summed E-state index contributed by atoms with van der Waals surface area (Å²) in [5.41, 5.74) is -0.599. The maximum absolute atomic E-state index is 13.8. The second-order valence-electron chi connectivity index (χ2n) is 9.39. The smallest absolute Gasteiger partial charge is 0.412 e. The number of nitrogens with zero attached hydrogens (tertiary/aromatic N) is 4. The number of sulfonamides is 1. The van der Waals surface area contributed by atoms with E-state index in [9.17, 15) is 18.0 Å². The Bertz CT molecular complexity index is 1460. The molecule has 1 amide bonds. The number of hydrogen-bond acceptors (Lipinski definition) is 8. The molecule has 0 aliphatic carbocycles. The van der Waals surface area contributed by atoms with E-state index in [4.69, 9.17) is 21.1 Å². The van der Waals surface area contributed by atoms with E-state index in [2.05, 4.69) is 25.6 Å². The first-order valence-electron chi connectivity index (χ1n) is 11.6. The molecule has 3 aromatic rings. The number of H-pyrrole nitrogens is 2. The standard InChI is InChI=1S/C22H28ClN7O6S/c1-5-29-12-17(19(23)28-29)37(33,34)30-11-14(7-9-18-25-20(31)27-26-18)35-16-8-6-13(10-15(16)30)24-21(32)36-22(2,3)4/h6,8,10,12,14H,5,7,9,11H2,1-4H3,(H,24,32)(H2,25,26,27,31)/t14-/m0/s1. The predicted molar refractivity (Wildman–Crippen MR) is 136 cm³/mol. The molecule has 1 aromatic carbocycles. The highest BCUT2D eigenvalue weighted by atomic mass is 35.5. The number of rotatable bonds is 7. The minimum atomic E-state index is -4.17. The number of benzene rings is 1. The van der Waals surface area contributed by atoms with Crippen LogP contribution in [0.2, 0.25) is 5.15 Å². The molecular formula is C22H28ClN7O6S. The zero-order valence-corrected chi connectivity index (χ0v) is 22.3. The van der Waals surface area contributed by atoms with Gasteiger partial charge in [-0.1, -0.05) is 11.6 Å². The van der Waals surface area contributed by atoms with Gasteiger partial charge in [0.05, 0.1) is 12.2 Å². The van der Waals surface area contributed by atoms with E-state index in [1.807, 2.05) is 6.92 Å². The van der Waals surface area contributed by atoms with Gasteiger partial charge in [-0.3, -0.25) is 19.3 Å². The molecule has 37 heavy (non-hydrogen) atoms. The van der Waals surface area contributed by atoms with Gasteiger partial charge >= 0.3 is 11.8 Å². The van der Waals surface area contributed by atoms with Crippen LogP contribution in [0, 0.1) is 0 Å². The van der Waals surface area contributed by atoms with Crippen LogP contribution in [0.3, 0.4) is 0 Å². The molecule has 0 radical (unpaired) electrons. The first-order valence-corrected chi connectivity index (χ1v) is 13.4. The minimum Gasteiger partial charge on any atom is -0.486 e. The first-order chi connectivity index (χ1) is 17.4. The number of amides is 1. The van der Waals surface area contributed by atoms with Gasteiger partial charge in [-0.25, -0.2) is 23.1 Å². The Labute approximate surface area is 218 Å². The maximum atomic E-state index is 13.8. The van der Waals surface area contributed by atoms with Crippen LogP contribution < -0.4 is 20.0 Å². The maximum Gasteiger partial charge on any atom is 0.412 e. The van der Waals surface area contributed by atoms with Crippen molar-refractivity contribution >= 4 is 39.1 Å². The summed E-state index contributed by atoms with van der Waals surface area (Å²) in [6.45, 7) is 7.41. The third kappa shape index (κ3) is 6.07. The molecule has 1 aliphatic heterocycles. The SMILES string of the molecule is CCn1cc(S(=O)(=O)N2C[C@H](CCc3n[nH]c(=O)[nH]3)Oc3ccc(NC(=O)OC(C)(C)C)cc32)c(Cl)n1. The number of carbonyl (C=O) groups excluding carboxylic acids is 1. The van der Waals surface area contributed by atoms with Crippen LogP contribution in [0.25, 0.3) is 0 Å². The van der Waals surface area contributed by atoms with Crippen LogP contribution >= 0.6 is 11.6 Å². The highest BCUT2D eigenvalue weighted by Gasteiger charge is 2.37. The predicted octanol–water partition coefficient (Wildman–Crippen LogP) is 2.90. The van der Waals surface area contributed by atoms with E-state index in [-0.39, 0.29) is 22.3 Å². The van der Waals surface area contributed by atoms with Crippen molar-refractivity contribution in [2.75, 3.05) is 16.2 Å². The molecule has 1 aliphatic rings. The fourth-order valence-corrected chi connectivity index (χ4v) is 5.69. The molecule has 15 heteroatoms. The summed E-state index contributed by atoms with van der Waals surface area (Å²) < 4.78 is 41.6. The molecule has 0 fully saturated rings. The molecule has 3 N–H and O–H groups in total. The van der Waals surface area contributed by atoms with Crippen molar-refractivity contribution in [1.82, 2.24) is 25.0 Å². The number of nitrogens with one attached hydrogen (secondary N) is 3. The normalized spacial score (nSPS) is 15.7. The topological polar surface area (TPSA) is 164 Å². The average molecular weight is 554 g/mol. The zero-order chi connectivity index (χ0) is 27.0. The van der Waals surface area contributed by atoms with Gasteiger partial charge in [0.15, 0.2) is 5.15 Å². The van der Waals surface area contributed by atoms with Crippen molar-refractivity contribution in [3.63, 3.8) is 0 Å². The lowest BCUT2D eigenvalue weighted by atomic mass is 10.1. The number of aromatic amines is 2. The fraction of sp³-hybridized carbons (Fsp3) is 0.455. The lowest BCUT2D eigenvalue weighted by Crippen LogP contribution is -2.43. The van der Waals surface area contributed by atoms with Crippen molar-refractivity contribution in [3.05, 3.63) is 45.9 Å². The second-order valence-corrected chi connectivity index (χ2v) is 11.6. The summed E-state index contributed by atoms with van der Waals surface area (Å²) in [5, 5.41) is 12.7. The quantitative estimate of drug-likeness (QED) is 0.402. The summed E-state index contributed by atoms with van der Waals surface area (Å²) in [6, 6.07) is 4.66. The van der Waals surface area contributed by atoms with Gasteiger partial charge in [0, 0.05) is 24.8 Å². The van der Waals surface area contributed by atoms with Gasteiger partial charge in [-0.15, -0.1) is 0 Å². The van der Waals surface area contributed by atoms with Crippen LogP contribution in [0.4, 0.5) is 16.2 Å². The van der Waals surface area contributed by atoms with E-state index >= 15 is 0 Å². The highest BCUT2D eigenvalue weighted by Crippen LogP contribution is 2.40. The number of anilines is 2. The van der Waals surface area contributed by atoms with Crippen LogP contribution in [0.5, 0.6) is 5.75 Å². The Morgan fingerprint density at radius 1 is 1.35 bits per heavy atom. The van der Waals surface area contributed by atoms with E-state index in [1.165, 1.54) is 21.3 Å². The van der Waals surface area contributed by atoms with Gasteiger partial charge < -0.3 is 9.47 Å². The van der Waals surface area contributed by atoms with Crippen molar-refractivity contribution in [3.8, 4) is 5.75 Å². The van der Waals surface area contributed by atoms with Crippen LogP contribution in [0.1, 0.15) is 39.9 Å². The molecule has 2 aromatic heterocycles. The summed E-state index contributed by atoms with van der Waals surface area (Å²) in [4.78, 5) is 26.1. The lowest BCUT2D eigenvalue weighted by molar-refractivity contribution is 0.0636. The van der Waals surface area contributed by atoms with Crippen molar-refractivity contribution < 1.29 is 22.7 Å². The van der Waals surface area contributed by atoms with Gasteiger partial charge in [0.25, 0.3) is 10.0 Å². The second kappa shape index (κ2) is 10.1. The molecule has 0 saturated heterocycles. The zero-order valence-electron chi connectivity index (χ0n) is 20.7. The molecule has 0 saturated carbocycles. The van der Waals surface area contributed by atoms with Crippen LogP contribution in [-0.4, -0.2) is 57.7 Å². The van der Waals surface area contributed by atoms with E-state index in [1.54, 1.807) is 32.9 Å². The number of halogens is 1. The van der Waals surface area contributed by atoms with Crippen molar-refractivity contribution in [1.29, 1.82) is 0 Å². The third-order valence-corrected chi connectivity index (χ3v) is 7.54. The Balaban J connectivity index is 1.67. The number of aryl methyl sites for hydroxylation is 2. The Morgan fingerprint density at radius 3 is 2.73 bits per heavy atom. The fourth-order valence-electron chi connectivity index (χ4n) is 3.74. The summed E-state index contributed by atoms with van der Waals surface area (Å²) >= 11 is 6.21. The van der Waals surface area contributed by atoms with E-state index in [0.717, 1.165) is 0 Å². The van der Waals surface area contributed by atoms with Gasteiger partial charge in [-0.2, -0.15) is 10.2 Å². The largest absolute Gasteiger partial charge is 0.486 e. The van der Waals surface area contributed by atoms with Crippen LogP contribution in [-0.2, 0) is 27.7 Å². The van der Waals surface area contributed by atoms with E-state index < -0.39 is 33.5 Å². The van der Waals surface area contributed by atoms with E-state index in [0.29, 0.717) is 36.6 Å². The minimum absolute atomic E-state index is 0.0481. The molecule has 4 rings (SSSR count). The average Bonchev–Trinajstić information content (AvgIpc) is 3.41. The molecule has 200 valence electrons. The lowest BCUT2D eigenvalue weighted by Gasteiger charge is -2.35. The van der Waals surface area contributed by atoms with Crippen molar-refractivity contribution in [2.24, 2.45) is 0 Å². The molecular weight excluding hydrogens is 526 g/mol.